The Hall–Kier alpha value is -0.130. The lowest BCUT2D eigenvalue weighted by molar-refractivity contribution is 0.227. The minimum atomic E-state index is -3.03. The molecule has 0 aromatic rings. The first-order valence-electron chi connectivity index (χ1n) is 4.51. The maximum atomic E-state index is 10.6. The maximum absolute atomic E-state index is 10.6. The van der Waals surface area contributed by atoms with E-state index in [2.05, 4.69) is 4.72 Å². The normalized spacial score (nSPS) is 14.4. The molecule has 0 aliphatic heterocycles. The lowest BCUT2D eigenvalue weighted by Crippen LogP contribution is -2.23. The van der Waals surface area contributed by atoms with Gasteiger partial charge in [-0.2, -0.15) is 0 Å². The lowest BCUT2D eigenvalue weighted by atomic mass is 10.1. The summed E-state index contributed by atoms with van der Waals surface area (Å²) in [5.74, 6) is 0.318. The largest absolute Gasteiger partial charge is 0.396 e. The molecule has 2 N–H and O–H groups in total. The minimum Gasteiger partial charge on any atom is -0.396 e. The molecule has 0 aliphatic rings. The van der Waals surface area contributed by atoms with Crippen molar-refractivity contribution in [3.05, 3.63) is 0 Å². The molecule has 0 heterocycles. The van der Waals surface area contributed by atoms with Crippen LogP contribution in [-0.4, -0.2) is 32.9 Å². The topological polar surface area (TPSA) is 66.4 Å². The maximum Gasteiger partial charge on any atom is 0.208 e. The van der Waals surface area contributed by atoms with Crippen LogP contribution >= 0.6 is 0 Å². The summed E-state index contributed by atoms with van der Waals surface area (Å²) in [6.07, 6.45) is 3.88. The van der Waals surface area contributed by atoms with Gasteiger partial charge in [-0.1, -0.05) is 13.3 Å². The Morgan fingerprint density at radius 2 is 2.00 bits per heavy atom. The average Bonchev–Trinajstić information content (AvgIpc) is 2.01. The fourth-order valence-corrected chi connectivity index (χ4v) is 1.48. The minimum absolute atomic E-state index is 0.208. The number of sulfonamides is 1. The Balaban J connectivity index is 3.27. The van der Waals surface area contributed by atoms with Gasteiger partial charge >= 0.3 is 0 Å². The van der Waals surface area contributed by atoms with Gasteiger partial charge in [-0.05, 0) is 18.8 Å². The van der Waals surface area contributed by atoms with Gasteiger partial charge in [-0.25, -0.2) is 13.1 Å². The molecular formula is C8H19NO3S. The molecule has 13 heavy (non-hydrogen) atoms. The highest BCUT2D eigenvalue weighted by molar-refractivity contribution is 7.88. The van der Waals surface area contributed by atoms with Gasteiger partial charge in [0.25, 0.3) is 0 Å². The van der Waals surface area contributed by atoms with Crippen LogP contribution in [0.1, 0.15) is 26.2 Å². The molecule has 5 heteroatoms. The van der Waals surface area contributed by atoms with E-state index in [0.29, 0.717) is 12.5 Å². The van der Waals surface area contributed by atoms with Crippen molar-refractivity contribution < 1.29 is 13.5 Å². The summed E-state index contributed by atoms with van der Waals surface area (Å²) in [7, 11) is -3.03. The molecule has 0 spiro atoms. The molecule has 0 rings (SSSR count). The highest BCUT2D eigenvalue weighted by atomic mass is 32.2. The SMILES string of the molecule is CC(CO)CCCCNS(C)(=O)=O. The van der Waals surface area contributed by atoms with E-state index >= 15 is 0 Å². The molecule has 0 saturated heterocycles. The van der Waals surface area contributed by atoms with E-state index in [9.17, 15) is 8.42 Å². The zero-order valence-electron chi connectivity index (χ0n) is 8.28. The van der Waals surface area contributed by atoms with E-state index in [4.69, 9.17) is 5.11 Å². The van der Waals surface area contributed by atoms with Gasteiger partial charge in [0.2, 0.25) is 10.0 Å². The van der Waals surface area contributed by atoms with Crippen LogP contribution < -0.4 is 4.72 Å². The molecule has 1 unspecified atom stereocenters. The third kappa shape index (κ3) is 9.79. The molecular weight excluding hydrogens is 190 g/mol. The van der Waals surface area contributed by atoms with Crippen LogP contribution in [-0.2, 0) is 10.0 Å². The molecule has 1 atom stereocenters. The summed E-state index contributed by atoms with van der Waals surface area (Å²) in [6, 6.07) is 0. The predicted octanol–water partition coefficient (Wildman–Crippen LogP) is 0.334. The fraction of sp³-hybridized carbons (Fsp3) is 1.00. The van der Waals surface area contributed by atoms with Crippen LogP contribution in [0.4, 0.5) is 0 Å². The van der Waals surface area contributed by atoms with Gasteiger partial charge < -0.3 is 5.11 Å². The third-order valence-electron chi connectivity index (χ3n) is 1.80. The standard InChI is InChI=1S/C8H19NO3S/c1-8(7-10)5-3-4-6-9-13(2,11)12/h8-10H,3-7H2,1-2H3. The molecule has 4 nitrogen and oxygen atoms in total. The Morgan fingerprint density at radius 1 is 1.38 bits per heavy atom. The molecule has 0 aliphatic carbocycles. The summed E-state index contributed by atoms with van der Waals surface area (Å²) >= 11 is 0. The predicted molar refractivity (Wildman–Crippen MR) is 52.9 cm³/mol. The van der Waals surface area contributed by atoms with E-state index in [1.165, 1.54) is 0 Å². The second-order valence-electron chi connectivity index (χ2n) is 3.45. The number of rotatable bonds is 7. The monoisotopic (exact) mass is 209 g/mol. The molecule has 0 bridgehead atoms. The zero-order valence-corrected chi connectivity index (χ0v) is 9.10. The van der Waals surface area contributed by atoms with Crippen molar-refractivity contribution in [2.75, 3.05) is 19.4 Å². The molecule has 80 valence electrons. The van der Waals surface area contributed by atoms with Gasteiger partial charge in [-0.15, -0.1) is 0 Å². The zero-order chi connectivity index (χ0) is 10.3. The molecule has 0 amide bonds. The van der Waals surface area contributed by atoms with Crippen molar-refractivity contribution in [1.82, 2.24) is 4.72 Å². The van der Waals surface area contributed by atoms with Gasteiger partial charge in [0.1, 0.15) is 0 Å². The molecule has 0 fully saturated rings. The first-order chi connectivity index (χ1) is 5.95. The van der Waals surface area contributed by atoms with Crippen molar-refractivity contribution in [2.24, 2.45) is 5.92 Å². The summed E-state index contributed by atoms with van der Waals surface area (Å²) in [6.45, 7) is 2.68. The van der Waals surface area contributed by atoms with Gasteiger partial charge in [0.15, 0.2) is 0 Å². The number of hydrogen-bond donors (Lipinski definition) is 2. The Labute approximate surface area is 80.4 Å². The molecule has 0 radical (unpaired) electrons. The third-order valence-corrected chi connectivity index (χ3v) is 2.53. The highest BCUT2D eigenvalue weighted by Crippen LogP contribution is 2.05. The number of aliphatic hydroxyl groups is 1. The highest BCUT2D eigenvalue weighted by Gasteiger charge is 2.01. The van der Waals surface area contributed by atoms with E-state index in [-0.39, 0.29) is 6.61 Å². The van der Waals surface area contributed by atoms with Crippen molar-refractivity contribution in [3.63, 3.8) is 0 Å². The van der Waals surface area contributed by atoms with E-state index in [1.54, 1.807) is 0 Å². The van der Waals surface area contributed by atoms with Gasteiger partial charge in [0.05, 0.1) is 6.26 Å². The molecule has 0 aromatic carbocycles. The Kier molecular flexibility index (Phi) is 6.28. The van der Waals surface area contributed by atoms with Crippen LogP contribution in [0.25, 0.3) is 0 Å². The van der Waals surface area contributed by atoms with Crippen molar-refractivity contribution >= 4 is 10.0 Å². The average molecular weight is 209 g/mol. The smallest absolute Gasteiger partial charge is 0.208 e. The second-order valence-corrected chi connectivity index (χ2v) is 5.28. The summed E-state index contributed by atoms with van der Waals surface area (Å²) in [5.41, 5.74) is 0. The van der Waals surface area contributed by atoms with Crippen LogP contribution in [0.3, 0.4) is 0 Å². The number of hydrogen-bond acceptors (Lipinski definition) is 3. The van der Waals surface area contributed by atoms with E-state index in [1.807, 2.05) is 6.92 Å². The number of unbranched alkanes of at least 4 members (excludes halogenated alkanes) is 1. The van der Waals surface area contributed by atoms with Crippen LogP contribution in [0, 0.1) is 5.92 Å². The fourth-order valence-electron chi connectivity index (χ4n) is 0.967. The van der Waals surface area contributed by atoms with E-state index in [0.717, 1.165) is 25.5 Å². The van der Waals surface area contributed by atoms with Crippen LogP contribution in [0.15, 0.2) is 0 Å². The summed E-state index contributed by atoms with van der Waals surface area (Å²) in [5, 5.41) is 8.71. The van der Waals surface area contributed by atoms with Crippen LogP contribution in [0.5, 0.6) is 0 Å². The first kappa shape index (κ1) is 12.9. The first-order valence-corrected chi connectivity index (χ1v) is 6.40. The summed E-state index contributed by atoms with van der Waals surface area (Å²) < 4.78 is 23.7. The van der Waals surface area contributed by atoms with Crippen molar-refractivity contribution in [3.8, 4) is 0 Å². The molecule has 0 aromatic heterocycles. The Morgan fingerprint density at radius 3 is 2.46 bits per heavy atom. The summed E-state index contributed by atoms with van der Waals surface area (Å²) in [4.78, 5) is 0. The molecule has 0 saturated carbocycles. The number of aliphatic hydroxyl groups excluding tert-OH is 1. The lowest BCUT2D eigenvalue weighted by Gasteiger charge is -2.06. The van der Waals surface area contributed by atoms with Crippen LogP contribution in [0.2, 0.25) is 0 Å². The second kappa shape index (κ2) is 6.34. The Bertz CT molecular complexity index is 213. The number of nitrogens with one attached hydrogen (secondary N) is 1. The van der Waals surface area contributed by atoms with Gasteiger partial charge in [-0.3, -0.25) is 0 Å². The quantitative estimate of drug-likeness (QED) is 0.594. The van der Waals surface area contributed by atoms with Crippen molar-refractivity contribution in [1.29, 1.82) is 0 Å². The van der Waals surface area contributed by atoms with E-state index < -0.39 is 10.0 Å². The van der Waals surface area contributed by atoms with Gasteiger partial charge in [0, 0.05) is 13.2 Å². The van der Waals surface area contributed by atoms with Crippen molar-refractivity contribution in [2.45, 2.75) is 26.2 Å².